The summed E-state index contributed by atoms with van der Waals surface area (Å²) in [4.78, 5) is 11.3. The van der Waals surface area contributed by atoms with E-state index >= 15 is 0 Å². The number of terminal acetylenes is 2. The molecular formula is C13H11NO. The van der Waals surface area contributed by atoms with Gasteiger partial charge in [-0.3, -0.25) is 4.79 Å². The number of nitrogens with one attached hydrogen (secondary N) is 1. The van der Waals surface area contributed by atoms with E-state index in [0.717, 1.165) is 5.56 Å². The van der Waals surface area contributed by atoms with E-state index in [1.54, 1.807) is 24.3 Å². The number of hydrogen-bond donors (Lipinski definition) is 1. The highest BCUT2D eigenvalue weighted by atomic mass is 16.1. The number of hydrogen-bond acceptors (Lipinski definition) is 1. The van der Waals surface area contributed by atoms with E-state index in [2.05, 4.69) is 17.2 Å². The summed E-state index contributed by atoms with van der Waals surface area (Å²) < 4.78 is 0. The van der Waals surface area contributed by atoms with Crippen LogP contribution in [0.3, 0.4) is 0 Å². The number of rotatable bonds is 3. The quantitative estimate of drug-likeness (QED) is 0.738. The summed E-state index contributed by atoms with van der Waals surface area (Å²) >= 11 is 0. The molecule has 0 aliphatic carbocycles. The molecule has 1 aromatic rings. The maximum absolute atomic E-state index is 11.3. The minimum absolute atomic E-state index is 0.0953. The fourth-order valence-electron chi connectivity index (χ4n) is 1.10. The van der Waals surface area contributed by atoms with Crippen molar-refractivity contribution in [3.05, 3.63) is 29.8 Å². The zero-order chi connectivity index (χ0) is 11.1. The topological polar surface area (TPSA) is 29.1 Å². The van der Waals surface area contributed by atoms with Gasteiger partial charge < -0.3 is 5.32 Å². The highest BCUT2D eigenvalue weighted by molar-refractivity contribution is 5.90. The van der Waals surface area contributed by atoms with Gasteiger partial charge in [0.2, 0.25) is 5.91 Å². The van der Waals surface area contributed by atoms with Crippen molar-refractivity contribution in [2.24, 2.45) is 0 Å². The number of anilines is 1. The Labute approximate surface area is 89.7 Å². The van der Waals surface area contributed by atoms with Crippen LogP contribution in [0.15, 0.2) is 24.3 Å². The van der Waals surface area contributed by atoms with Crippen molar-refractivity contribution < 1.29 is 4.79 Å². The predicted molar refractivity (Wildman–Crippen MR) is 61.1 cm³/mol. The van der Waals surface area contributed by atoms with Crippen molar-refractivity contribution in [1.82, 2.24) is 0 Å². The second-order valence-corrected chi connectivity index (χ2v) is 2.98. The van der Waals surface area contributed by atoms with Crippen molar-refractivity contribution in [2.75, 3.05) is 5.32 Å². The number of carbonyl (C=O) groups excluding carboxylic acids is 1. The van der Waals surface area contributed by atoms with Crippen LogP contribution >= 0.6 is 0 Å². The molecule has 2 nitrogen and oxygen atoms in total. The Kier molecular flexibility index (Phi) is 4.01. The average molecular weight is 197 g/mol. The third-order valence-corrected chi connectivity index (χ3v) is 1.81. The minimum atomic E-state index is -0.0953. The van der Waals surface area contributed by atoms with Crippen LogP contribution in [0.5, 0.6) is 0 Å². The second kappa shape index (κ2) is 5.52. The fraction of sp³-hybridized carbons (Fsp3) is 0.154. The zero-order valence-electron chi connectivity index (χ0n) is 8.29. The molecule has 0 atom stereocenters. The number of benzene rings is 1. The second-order valence-electron chi connectivity index (χ2n) is 2.98. The lowest BCUT2D eigenvalue weighted by Crippen LogP contribution is -2.10. The third-order valence-electron chi connectivity index (χ3n) is 1.81. The van der Waals surface area contributed by atoms with E-state index in [-0.39, 0.29) is 5.91 Å². The van der Waals surface area contributed by atoms with Crippen LogP contribution in [0, 0.1) is 24.7 Å². The Bertz CT molecular complexity index is 435. The van der Waals surface area contributed by atoms with Crippen molar-refractivity contribution >= 4 is 11.6 Å². The van der Waals surface area contributed by atoms with Crippen LogP contribution in [0.4, 0.5) is 5.69 Å². The molecule has 0 aliphatic heterocycles. The Morgan fingerprint density at radius 1 is 1.40 bits per heavy atom. The summed E-state index contributed by atoms with van der Waals surface area (Å²) in [5.41, 5.74) is 1.44. The van der Waals surface area contributed by atoms with Crippen molar-refractivity contribution in [3.8, 4) is 24.7 Å². The number of amides is 1. The Morgan fingerprint density at radius 3 is 2.87 bits per heavy atom. The van der Waals surface area contributed by atoms with Crippen LogP contribution < -0.4 is 5.32 Å². The molecule has 1 rings (SSSR count). The monoisotopic (exact) mass is 197 g/mol. The molecule has 0 aromatic heterocycles. The van der Waals surface area contributed by atoms with E-state index < -0.39 is 0 Å². The molecule has 0 aliphatic rings. The molecule has 0 unspecified atom stereocenters. The molecule has 15 heavy (non-hydrogen) atoms. The summed E-state index contributed by atoms with van der Waals surface area (Å²) in [6.07, 6.45) is 11.1. The van der Waals surface area contributed by atoms with Crippen molar-refractivity contribution in [1.29, 1.82) is 0 Å². The maximum atomic E-state index is 11.3. The molecule has 0 heterocycles. The molecule has 1 aromatic carbocycles. The van der Waals surface area contributed by atoms with E-state index in [4.69, 9.17) is 12.8 Å². The normalized spacial score (nSPS) is 8.67. The summed E-state index contributed by atoms with van der Waals surface area (Å²) in [7, 11) is 0. The van der Waals surface area contributed by atoms with E-state index in [0.29, 0.717) is 18.5 Å². The lowest BCUT2D eigenvalue weighted by atomic mass is 10.2. The van der Waals surface area contributed by atoms with Crippen LogP contribution in [0.25, 0.3) is 0 Å². The molecule has 0 spiro atoms. The van der Waals surface area contributed by atoms with Gasteiger partial charge in [0.1, 0.15) is 0 Å². The standard InChI is InChI=1S/C13H11NO/c1-3-5-9-13(15)14-12-8-6-7-11(4-2)10-12/h1-2,6-8,10H,5,9H2,(H,14,15). The van der Waals surface area contributed by atoms with Gasteiger partial charge in [0.15, 0.2) is 0 Å². The average Bonchev–Trinajstić information content (AvgIpc) is 2.26. The first-order valence-electron chi connectivity index (χ1n) is 4.56. The maximum Gasteiger partial charge on any atom is 0.225 e. The minimum Gasteiger partial charge on any atom is -0.326 e. The van der Waals surface area contributed by atoms with Gasteiger partial charge in [0, 0.05) is 24.1 Å². The smallest absolute Gasteiger partial charge is 0.225 e. The molecule has 1 amide bonds. The fourth-order valence-corrected chi connectivity index (χ4v) is 1.10. The lowest BCUT2D eigenvalue weighted by Gasteiger charge is -2.03. The molecular weight excluding hydrogens is 186 g/mol. The molecule has 2 heteroatoms. The highest BCUT2D eigenvalue weighted by Crippen LogP contribution is 2.10. The van der Waals surface area contributed by atoms with Gasteiger partial charge in [0.25, 0.3) is 0 Å². The van der Waals surface area contributed by atoms with E-state index in [1.807, 2.05) is 0 Å². The molecule has 0 bridgehead atoms. The van der Waals surface area contributed by atoms with Gasteiger partial charge in [-0.15, -0.1) is 18.8 Å². The van der Waals surface area contributed by atoms with Gasteiger partial charge >= 0.3 is 0 Å². The molecule has 0 radical (unpaired) electrons. The third kappa shape index (κ3) is 3.58. The van der Waals surface area contributed by atoms with Crippen LogP contribution in [0.1, 0.15) is 18.4 Å². The number of carbonyl (C=O) groups is 1. The highest BCUT2D eigenvalue weighted by Gasteiger charge is 2.00. The molecule has 0 fully saturated rings. The van der Waals surface area contributed by atoms with Crippen LogP contribution in [-0.4, -0.2) is 5.91 Å². The first kappa shape index (κ1) is 10.9. The molecule has 74 valence electrons. The predicted octanol–water partition coefficient (Wildman–Crippen LogP) is 2.02. The van der Waals surface area contributed by atoms with Crippen molar-refractivity contribution in [2.45, 2.75) is 12.8 Å². The SMILES string of the molecule is C#CCCC(=O)Nc1cccc(C#C)c1. The molecule has 0 saturated heterocycles. The summed E-state index contributed by atoms with van der Waals surface area (Å²) in [6.45, 7) is 0. The first-order chi connectivity index (χ1) is 7.26. The Balaban J connectivity index is 2.62. The lowest BCUT2D eigenvalue weighted by molar-refractivity contribution is -0.116. The van der Waals surface area contributed by atoms with Gasteiger partial charge in [-0.1, -0.05) is 12.0 Å². The van der Waals surface area contributed by atoms with Crippen molar-refractivity contribution in [3.63, 3.8) is 0 Å². The Hall–Kier alpha value is -2.19. The molecule has 0 saturated carbocycles. The zero-order valence-corrected chi connectivity index (χ0v) is 8.29. The van der Waals surface area contributed by atoms with Gasteiger partial charge in [-0.25, -0.2) is 0 Å². The van der Waals surface area contributed by atoms with E-state index in [1.165, 1.54) is 0 Å². The molecule has 1 N–H and O–H groups in total. The van der Waals surface area contributed by atoms with Crippen LogP contribution in [0.2, 0.25) is 0 Å². The summed E-state index contributed by atoms with van der Waals surface area (Å²) in [6, 6.07) is 7.13. The largest absolute Gasteiger partial charge is 0.326 e. The summed E-state index contributed by atoms with van der Waals surface area (Å²) in [5, 5.41) is 2.72. The van der Waals surface area contributed by atoms with Gasteiger partial charge in [0.05, 0.1) is 0 Å². The van der Waals surface area contributed by atoms with Gasteiger partial charge in [-0.2, -0.15) is 0 Å². The van der Waals surface area contributed by atoms with Crippen LogP contribution in [-0.2, 0) is 4.79 Å². The summed E-state index contributed by atoms with van der Waals surface area (Å²) in [5.74, 6) is 4.82. The Morgan fingerprint density at radius 2 is 2.20 bits per heavy atom. The van der Waals surface area contributed by atoms with Gasteiger partial charge in [-0.05, 0) is 18.2 Å². The van der Waals surface area contributed by atoms with E-state index in [9.17, 15) is 4.79 Å². The first-order valence-corrected chi connectivity index (χ1v) is 4.56.